The normalized spacial score (nSPS) is 18.2. The maximum Gasteiger partial charge on any atom is 0.410 e. The second-order valence-corrected chi connectivity index (χ2v) is 8.99. The number of Topliss-reactive ketones (excluding diaryl/α,β-unsaturated/α-hetero) is 1. The van der Waals surface area contributed by atoms with Crippen molar-refractivity contribution in [3.63, 3.8) is 0 Å². The van der Waals surface area contributed by atoms with Gasteiger partial charge in [-0.1, -0.05) is 42.5 Å². The van der Waals surface area contributed by atoms with Gasteiger partial charge in [-0.25, -0.2) is 4.79 Å². The Balaban J connectivity index is 1.50. The van der Waals surface area contributed by atoms with Crippen molar-refractivity contribution in [3.8, 4) is 11.1 Å². The van der Waals surface area contributed by atoms with Crippen LogP contribution in [0.5, 0.6) is 0 Å². The van der Waals surface area contributed by atoms with Crippen LogP contribution in [-0.4, -0.2) is 35.5 Å². The van der Waals surface area contributed by atoms with E-state index in [-0.39, 0.29) is 17.3 Å². The lowest BCUT2D eigenvalue weighted by Crippen LogP contribution is -2.47. The Hall–Kier alpha value is -2.62. The monoisotopic (exact) mass is 377 g/mol. The molecule has 2 aliphatic rings. The molecule has 4 heteroatoms. The van der Waals surface area contributed by atoms with Crippen LogP contribution in [0, 0.1) is 5.41 Å². The molecule has 0 radical (unpaired) electrons. The zero-order valence-corrected chi connectivity index (χ0v) is 16.8. The zero-order chi connectivity index (χ0) is 19.9. The molecule has 4 rings (SSSR count). The summed E-state index contributed by atoms with van der Waals surface area (Å²) in [5, 5.41) is 0. The number of carbonyl (C=O) groups is 2. The Morgan fingerprint density at radius 2 is 1.68 bits per heavy atom. The molecule has 0 atom stereocenters. The van der Waals surface area contributed by atoms with E-state index in [0.717, 1.165) is 28.7 Å². The van der Waals surface area contributed by atoms with Gasteiger partial charge in [0.15, 0.2) is 5.78 Å². The molecule has 1 spiro atoms. The molecule has 0 aromatic heterocycles. The molecule has 1 heterocycles. The SMILES string of the molecule is CC(C)(C)OC(=O)N1CCC2(CC1)Cc1ccc(-c3ccccc3)cc1C2=O. The van der Waals surface area contributed by atoms with Crippen molar-refractivity contribution in [3.05, 3.63) is 59.7 Å². The predicted octanol–water partition coefficient (Wildman–Crippen LogP) is 5.11. The van der Waals surface area contributed by atoms with Crippen LogP contribution in [-0.2, 0) is 11.2 Å². The molecule has 0 unspecified atom stereocenters. The minimum absolute atomic E-state index is 0.240. The summed E-state index contributed by atoms with van der Waals surface area (Å²) in [6, 6.07) is 16.4. The zero-order valence-electron chi connectivity index (χ0n) is 16.8. The molecule has 1 amide bonds. The van der Waals surface area contributed by atoms with Gasteiger partial charge in [-0.05, 0) is 62.8 Å². The van der Waals surface area contributed by atoms with Crippen molar-refractivity contribution in [2.24, 2.45) is 5.41 Å². The average Bonchev–Trinajstić information content (AvgIpc) is 2.93. The molecule has 1 aliphatic heterocycles. The van der Waals surface area contributed by atoms with Gasteiger partial charge in [-0.15, -0.1) is 0 Å². The molecule has 4 nitrogen and oxygen atoms in total. The fourth-order valence-corrected chi connectivity index (χ4v) is 4.33. The molecular formula is C24H27NO3. The van der Waals surface area contributed by atoms with Gasteiger partial charge in [0.1, 0.15) is 5.60 Å². The van der Waals surface area contributed by atoms with Crippen LogP contribution in [0.1, 0.15) is 49.5 Å². The maximum absolute atomic E-state index is 13.3. The van der Waals surface area contributed by atoms with E-state index in [1.54, 1.807) is 4.90 Å². The van der Waals surface area contributed by atoms with E-state index in [4.69, 9.17) is 4.74 Å². The van der Waals surface area contributed by atoms with E-state index in [1.807, 2.05) is 45.0 Å². The first-order valence-electron chi connectivity index (χ1n) is 9.99. The number of hydrogen-bond acceptors (Lipinski definition) is 3. The van der Waals surface area contributed by atoms with E-state index in [0.29, 0.717) is 25.9 Å². The highest BCUT2D eigenvalue weighted by atomic mass is 16.6. The van der Waals surface area contributed by atoms with Crippen molar-refractivity contribution in [2.75, 3.05) is 13.1 Å². The maximum atomic E-state index is 13.3. The van der Waals surface area contributed by atoms with Gasteiger partial charge in [0.25, 0.3) is 0 Å². The molecular weight excluding hydrogens is 350 g/mol. The van der Waals surface area contributed by atoms with Crippen LogP contribution in [0.15, 0.2) is 48.5 Å². The number of hydrogen-bond donors (Lipinski definition) is 0. The molecule has 1 aliphatic carbocycles. The molecule has 1 saturated heterocycles. The first kappa shape index (κ1) is 18.7. The van der Waals surface area contributed by atoms with Gasteiger partial charge in [-0.3, -0.25) is 4.79 Å². The first-order valence-corrected chi connectivity index (χ1v) is 9.99. The van der Waals surface area contributed by atoms with Crippen LogP contribution < -0.4 is 0 Å². The summed E-state index contributed by atoms with van der Waals surface area (Å²) in [6.45, 7) is 6.76. The topological polar surface area (TPSA) is 46.6 Å². The molecule has 146 valence electrons. The fourth-order valence-electron chi connectivity index (χ4n) is 4.33. The second kappa shape index (κ2) is 6.77. The summed E-state index contributed by atoms with van der Waals surface area (Å²) >= 11 is 0. The highest BCUT2D eigenvalue weighted by molar-refractivity contribution is 6.06. The van der Waals surface area contributed by atoms with Gasteiger partial charge in [0.05, 0.1) is 0 Å². The third-order valence-electron chi connectivity index (χ3n) is 5.84. The van der Waals surface area contributed by atoms with E-state index in [9.17, 15) is 9.59 Å². The van der Waals surface area contributed by atoms with Crippen molar-refractivity contribution in [1.82, 2.24) is 4.90 Å². The molecule has 28 heavy (non-hydrogen) atoms. The van der Waals surface area contributed by atoms with Crippen LogP contribution >= 0.6 is 0 Å². The Kier molecular flexibility index (Phi) is 4.53. The van der Waals surface area contributed by atoms with Gasteiger partial charge >= 0.3 is 6.09 Å². The number of ketones is 1. The Labute approximate surface area is 166 Å². The number of nitrogens with zero attached hydrogens (tertiary/aromatic N) is 1. The molecule has 2 aromatic rings. The molecule has 2 aromatic carbocycles. The van der Waals surface area contributed by atoms with Crippen molar-refractivity contribution < 1.29 is 14.3 Å². The largest absolute Gasteiger partial charge is 0.444 e. The number of likely N-dealkylation sites (tertiary alicyclic amines) is 1. The molecule has 0 N–H and O–H groups in total. The van der Waals surface area contributed by atoms with Gasteiger partial charge < -0.3 is 9.64 Å². The number of piperidine rings is 1. The Morgan fingerprint density at radius 3 is 2.32 bits per heavy atom. The van der Waals surface area contributed by atoms with E-state index in [2.05, 4.69) is 24.3 Å². The van der Waals surface area contributed by atoms with Crippen molar-refractivity contribution in [1.29, 1.82) is 0 Å². The number of rotatable bonds is 1. The predicted molar refractivity (Wildman–Crippen MR) is 109 cm³/mol. The van der Waals surface area contributed by atoms with Gasteiger partial charge in [0, 0.05) is 24.1 Å². The molecule has 0 saturated carbocycles. The summed E-state index contributed by atoms with van der Waals surface area (Å²) in [5.41, 5.74) is 3.33. The summed E-state index contributed by atoms with van der Waals surface area (Å²) in [4.78, 5) is 27.4. The summed E-state index contributed by atoms with van der Waals surface area (Å²) in [7, 11) is 0. The Bertz CT molecular complexity index is 903. The number of ether oxygens (including phenoxy) is 1. The Morgan fingerprint density at radius 1 is 1.00 bits per heavy atom. The minimum Gasteiger partial charge on any atom is -0.444 e. The van der Waals surface area contributed by atoms with E-state index in [1.165, 1.54) is 0 Å². The summed E-state index contributed by atoms with van der Waals surface area (Å²) < 4.78 is 5.48. The smallest absolute Gasteiger partial charge is 0.410 e. The third-order valence-corrected chi connectivity index (χ3v) is 5.84. The highest BCUT2D eigenvalue weighted by Crippen LogP contribution is 2.45. The van der Waals surface area contributed by atoms with Crippen LogP contribution in [0.2, 0.25) is 0 Å². The van der Waals surface area contributed by atoms with Crippen LogP contribution in [0.3, 0.4) is 0 Å². The quantitative estimate of drug-likeness (QED) is 0.694. The number of benzene rings is 2. The average molecular weight is 377 g/mol. The fraction of sp³-hybridized carbons (Fsp3) is 0.417. The highest BCUT2D eigenvalue weighted by Gasteiger charge is 2.48. The lowest BCUT2D eigenvalue weighted by molar-refractivity contribution is 0.0114. The van der Waals surface area contributed by atoms with Crippen LogP contribution in [0.4, 0.5) is 4.79 Å². The second-order valence-electron chi connectivity index (χ2n) is 8.99. The summed E-state index contributed by atoms with van der Waals surface area (Å²) in [6.07, 6.45) is 1.89. The third kappa shape index (κ3) is 3.44. The van der Waals surface area contributed by atoms with E-state index >= 15 is 0 Å². The van der Waals surface area contributed by atoms with E-state index < -0.39 is 5.60 Å². The summed E-state index contributed by atoms with van der Waals surface area (Å²) in [5.74, 6) is 0.240. The van der Waals surface area contributed by atoms with Gasteiger partial charge in [0.2, 0.25) is 0 Å². The number of carbonyl (C=O) groups excluding carboxylic acids is 2. The standard InChI is InChI=1S/C24H27NO3/c1-23(2,3)28-22(27)25-13-11-24(12-14-25)16-19-10-9-18(15-20(19)21(24)26)17-7-5-4-6-8-17/h4-10,15H,11-14,16H2,1-3H3. The number of amides is 1. The number of fused-ring (bicyclic) bond motifs is 1. The van der Waals surface area contributed by atoms with Crippen molar-refractivity contribution >= 4 is 11.9 Å². The van der Waals surface area contributed by atoms with Gasteiger partial charge in [-0.2, -0.15) is 0 Å². The van der Waals surface area contributed by atoms with Crippen molar-refractivity contribution in [2.45, 2.75) is 45.6 Å². The minimum atomic E-state index is -0.501. The first-order chi connectivity index (χ1) is 13.3. The lowest BCUT2D eigenvalue weighted by atomic mass is 9.75. The lowest BCUT2D eigenvalue weighted by Gasteiger charge is -2.38. The van der Waals surface area contributed by atoms with Crippen LogP contribution in [0.25, 0.3) is 11.1 Å². The molecule has 1 fully saturated rings. The molecule has 0 bridgehead atoms.